The molecule has 0 amide bonds. The summed E-state index contributed by atoms with van der Waals surface area (Å²) in [4.78, 5) is 2.46. The van der Waals surface area contributed by atoms with Crippen LogP contribution in [-0.4, -0.2) is 0 Å². The first-order chi connectivity index (χ1) is 24.8. The van der Waals surface area contributed by atoms with Crippen LogP contribution in [0.3, 0.4) is 0 Å². The van der Waals surface area contributed by atoms with Crippen LogP contribution in [0.15, 0.2) is 168 Å². The van der Waals surface area contributed by atoms with Crippen molar-refractivity contribution in [3.05, 3.63) is 164 Å². The molecular weight excluding hydrogens is 647 g/mol. The van der Waals surface area contributed by atoms with Crippen molar-refractivity contribution in [1.82, 2.24) is 0 Å². The molecule has 11 aromatic rings. The van der Waals surface area contributed by atoms with Gasteiger partial charge in [-0.3, -0.25) is 0 Å². The molecule has 234 valence electrons. The molecule has 3 heterocycles. The molecule has 0 radical (unpaired) electrons. The number of anilines is 3. The Balaban J connectivity index is 1.21. The lowest BCUT2D eigenvalue weighted by atomic mass is 10.0. The van der Waals surface area contributed by atoms with Crippen molar-refractivity contribution in [1.29, 1.82) is 0 Å². The topological polar surface area (TPSA) is 16.4 Å². The van der Waals surface area contributed by atoms with E-state index in [1.165, 1.54) is 56.9 Å². The molecule has 2 nitrogen and oxygen atoms in total. The van der Waals surface area contributed by atoms with Gasteiger partial charge in [-0.05, 0) is 65.0 Å². The minimum absolute atomic E-state index is 0.883. The van der Waals surface area contributed by atoms with Crippen LogP contribution in [0.4, 0.5) is 17.1 Å². The van der Waals surface area contributed by atoms with Gasteiger partial charge in [-0.15, -0.1) is 22.7 Å². The number of furan rings is 1. The minimum Gasteiger partial charge on any atom is -0.455 e. The molecule has 0 N–H and O–H groups in total. The molecule has 11 rings (SSSR count). The predicted molar refractivity (Wildman–Crippen MR) is 217 cm³/mol. The number of thiophene rings is 2. The van der Waals surface area contributed by atoms with Crippen LogP contribution in [0, 0.1) is 0 Å². The van der Waals surface area contributed by atoms with Gasteiger partial charge < -0.3 is 9.32 Å². The van der Waals surface area contributed by atoms with Crippen molar-refractivity contribution in [2.75, 3.05) is 4.90 Å². The Morgan fingerprint density at radius 1 is 0.440 bits per heavy atom. The van der Waals surface area contributed by atoms with Crippen LogP contribution in [0.25, 0.3) is 84.2 Å². The predicted octanol–water partition coefficient (Wildman–Crippen LogP) is 14.6. The number of benzene rings is 8. The van der Waals surface area contributed by atoms with Gasteiger partial charge in [0.25, 0.3) is 0 Å². The van der Waals surface area contributed by atoms with Gasteiger partial charge in [0.1, 0.15) is 11.2 Å². The Morgan fingerprint density at radius 2 is 1.08 bits per heavy atom. The van der Waals surface area contributed by atoms with Gasteiger partial charge in [0.2, 0.25) is 0 Å². The minimum atomic E-state index is 0.883. The molecule has 0 saturated carbocycles. The SMILES string of the molecule is c1cc(-c2cccc3c2sc2ccccc23)cc(N(c2cccc3c2sc2ccccc23)c2cccc3oc4c5ccccc5ccc4c23)c1. The molecule has 50 heavy (non-hydrogen) atoms. The van der Waals surface area contributed by atoms with Crippen LogP contribution in [0.5, 0.6) is 0 Å². The average molecular weight is 674 g/mol. The third kappa shape index (κ3) is 4.07. The summed E-state index contributed by atoms with van der Waals surface area (Å²) in [5.74, 6) is 0. The fourth-order valence-electron chi connectivity index (χ4n) is 7.82. The van der Waals surface area contributed by atoms with E-state index in [-0.39, 0.29) is 0 Å². The van der Waals surface area contributed by atoms with Gasteiger partial charge in [0, 0.05) is 52.1 Å². The molecule has 0 bridgehead atoms. The average Bonchev–Trinajstić information content (AvgIpc) is 3.87. The van der Waals surface area contributed by atoms with Crippen molar-refractivity contribution >= 4 is 113 Å². The summed E-state index contributed by atoms with van der Waals surface area (Å²) in [6, 6.07) is 59.4. The van der Waals surface area contributed by atoms with Gasteiger partial charge in [-0.1, -0.05) is 115 Å². The fourth-order valence-corrected chi connectivity index (χ4v) is 10.3. The van der Waals surface area contributed by atoms with Gasteiger partial charge in [-0.2, -0.15) is 0 Å². The second-order valence-corrected chi connectivity index (χ2v) is 14.9. The Kier molecular flexibility index (Phi) is 6.03. The van der Waals surface area contributed by atoms with Crippen LogP contribution < -0.4 is 4.90 Å². The van der Waals surface area contributed by atoms with E-state index in [0.717, 1.165) is 44.4 Å². The monoisotopic (exact) mass is 673 g/mol. The summed E-state index contributed by atoms with van der Waals surface area (Å²) in [7, 11) is 0. The van der Waals surface area contributed by atoms with E-state index < -0.39 is 0 Å². The molecule has 0 aliphatic heterocycles. The number of nitrogens with zero attached hydrogens (tertiary/aromatic N) is 1. The molecule has 0 spiro atoms. The van der Waals surface area contributed by atoms with Gasteiger partial charge in [0.05, 0.1) is 21.5 Å². The second kappa shape index (κ2) is 10.8. The van der Waals surface area contributed by atoms with Crippen molar-refractivity contribution in [3.63, 3.8) is 0 Å². The highest BCUT2D eigenvalue weighted by Gasteiger charge is 2.23. The van der Waals surface area contributed by atoms with E-state index in [9.17, 15) is 0 Å². The first kappa shape index (κ1) is 28.0. The zero-order chi connectivity index (χ0) is 32.8. The third-order valence-corrected chi connectivity index (χ3v) is 12.5. The Bertz CT molecular complexity index is 3130. The number of rotatable bonds is 4. The molecule has 0 aliphatic rings. The van der Waals surface area contributed by atoms with E-state index in [2.05, 4.69) is 169 Å². The smallest absolute Gasteiger partial charge is 0.143 e. The molecule has 0 unspecified atom stereocenters. The fraction of sp³-hybridized carbons (Fsp3) is 0. The molecule has 0 fully saturated rings. The Morgan fingerprint density at radius 3 is 1.92 bits per heavy atom. The summed E-state index contributed by atoms with van der Waals surface area (Å²) in [5.41, 5.74) is 7.62. The van der Waals surface area contributed by atoms with Gasteiger partial charge >= 0.3 is 0 Å². The lowest BCUT2D eigenvalue weighted by Crippen LogP contribution is -2.10. The van der Waals surface area contributed by atoms with Crippen molar-refractivity contribution in [2.45, 2.75) is 0 Å². The maximum atomic E-state index is 6.71. The number of hydrogen-bond acceptors (Lipinski definition) is 4. The largest absolute Gasteiger partial charge is 0.455 e. The summed E-state index contributed by atoms with van der Waals surface area (Å²) in [5, 5.41) is 9.72. The molecule has 8 aromatic carbocycles. The van der Waals surface area contributed by atoms with Crippen LogP contribution in [-0.2, 0) is 0 Å². The quantitative estimate of drug-likeness (QED) is 0.185. The molecule has 0 atom stereocenters. The Labute approximate surface area is 295 Å². The summed E-state index contributed by atoms with van der Waals surface area (Å²) >= 11 is 3.74. The van der Waals surface area contributed by atoms with Crippen LogP contribution in [0.2, 0.25) is 0 Å². The molecular formula is C46H27NOS2. The van der Waals surface area contributed by atoms with Crippen molar-refractivity contribution < 1.29 is 4.42 Å². The van der Waals surface area contributed by atoms with Crippen molar-refractivity contribution in [2.24, 2.45) is 0 Å². The maximum absolute atomic E-state index is 6.71. The van der Waals surface area contributed by atoms with Crippen molar-refractivity contribution in [3.8, 4) is 11.1 Å². The lowest BCUT2D eigenvalue weighted by molar-refractivity contribution is 0.672. The standard InChI is InChI=1S/C46H27NOS2/c1-2-14-31-28(11-1)25-26-37-43-38(20-10-22-40(43)48-44(31)37)47(39-21-9-19-36-34-16-4-6-24-42(34)50-46(36)39)30-13-7-12-29(27-30)32-17-8-18-35-33-15-3-5-23-41(33)49-45(32)35/h1-27H. The third-order valence-electron chi connectivity index (χ3n) is 10.1. The number of hydrogen-bond donors (Lipinski definition) is 0. The van der Waals surface area contributed by atoms with E-state index in [4.69, 9.17) is 4.42 Å². The maximum Gasteiger partial charge on any atom is 0.143 e. The lowest BCUT2D eigenvalue weighted by Gasteiger charge is -2.27. The van der Waals surface area contributed by atoms with Crippen LogP contribution in [0.1, 0.15) is 0 Å². The molecule has 3 aromatic heterocycles. The van der Waals surface area contributed by atoms with Gasteiger partial charge in [0.15, 0.2) is 0 Å². The highest BCUT2D eigenvalue weighted by molar-refractivity contribution is 7.26. The zero-order valence-corrected chi connectivity index (χ0v) is 28.4. The van der Waals surface area contributed by atoms with E-state index in [0.29, 0.717) is 0 Å². The summed E-state index contributed by atoms with van der Waals surface area (Å²) in [6.07, 6.45) is 0. The summed E-state index contributed by atoms with van der Waals surface area (Å²) in [6.45, 7) is 0. The van der Waals surface area contributed by atoms with E-state index >= 15 is 0 Å². The van der Waals surface area contributed by atoms with Crippen LogP contribution >= 0.6 is 22.7 Å². The normalized spacial score (nSPS) is 12.0. The Hall–Kier alpha value is -5.94. The second-order valence-electron chi connectivity index (χ2n) is 12.8. The molecule has 4 heteroatoms. The number of fused-ring (bicyclic) bond motifs is 11. The highest BCUT2D eigenvalue weighted by atomic mass is 32.1. The zero-order valence-electron chi connectivity index (χ0n) is 26.8. The molecule has 0 saturated heterocycles. The van der Waals surface area contributed by atoms with E-state index in [1.54, 1.807) is 0 Å². The molecule has 0 aliphatic carbocycles. The first-order valence-electron chi connectivity index (χ1n) is 16.8. The highest BCUT2D eigenvalue weighted by Crippen LogP contribution is 2.49. The first-order valence-corrected chi connectivity index (χ1v) is 18.5. The summed E-state index contributed by atoms with van der Waals surface area (Å²) < 4.78 is 11.9. The van der Waals surface area contributed by atoms with E-state index in [1.807, 2.05) is 22.7 Å². The van der Waals surface area contributed by atoms with Gasteiger partial charge in [-0.25, -0.2) is 0 Å².